The van der Waals surface area contributed by atoms with E-state index in [-0.39, 0.29) is 17.2 Å². The minimum absolute atomic E-state index is 0.0466. The predicted molar refractivity (Wildman–Crippen MR) is 88.1 cm³/mol. The van der Waals surface area contributed by atoms with Crippen molar-refractivity contribution in [2.45, 2.75) is 37.5 Å². The van der Waals surface area contributed by atoms with Crippen LogP contribution in [0.15, 0.2) is 28.8 Å². The lowest BCUT2D eigenvalue weighted by atomic mass is 10.0. The molecule has 0 unspecified atom stereocenters. The Kier molecular flexibility index (Phi) is 3.85. The molecule has 0 spiro atoms. The number of carbonyl (C=O) groups excluding carboxylic acids is 1. The Morgan fingerprint density at radius 3 is 3.09 bits per heavy atom. The van der Waals surface area contributed by atoms with Crippen molar-refractivity contribution in [3.63, 3.8) is 0 Å². The first-order chi connectivity index (χ1) is 11.2. The van der Waals surface area contributed by atoms with E-state index in [4.69, 9.17) is 4.52 Å². The van der Waals surface area contributed by atoms with Crippen molar-refractivity contribution in [2.24, 2.45) is 0 Å². The molecule has 2 aliphatic heterocycles. The third kappa shape index (κ3) is 2.65. The monoisotopic (exact) mass is 329 g/mol. The van der Waals surface area contributed by atoms with Gasteiger partial charge in [-0.1, -0.05) is 29.4 Å². The van der Waals surface area contributed by atoms with E-state index in [0.717, 1.165) is 31.6 Å². The molecule has 0 radical (unpaired) electrons. The van der Waals surface area contributed by atoms with Gasteiger partial charge in [0.1, 0.15) is 5.25 Å². The van der Waals surface area contributed by atoms with Crippen LogP contribution in [0.3, 0.4) is 0 Å². The van der Waals surface area contributed by atoms with E-state index in [1.807, 2.05) is 11.0 Å². The molecule has 2 aliphatic rings. The fourth-order valence-corrected chi connectivity index (χ4v) is 4.76. The number of fused-ring (bicyclic) bond motifs is 1. The van der Waals surface area contributed by atoms with Crippen LogP contribution in [-0.4, -0.2) is 33.2 Å². The van der Waals surface area contributed by atoms with Crippen LogP contribution in [0.1, 0.15) is 47.0 Å². The van der Waals surface area contributed by atoms with Gasteiger partial charge < -0.3 is 9.42 Å². The van der Waals surface area contributed by atoms with Crippen LogP contribution in [0.4, 0.5) is 0 Å². The first-order valence-electron chi connectivity index (χ1n) is 8.04. The maximum Gasteiger partial charge on any atom is 0.240 e. The van der Waals surface area contributed by atoms with Crippen LogP contribution in [0.25, 0.3) is 0 Å². The Labute approximate surface area is 139 Å². The quantitative estimate of drug-likeness (QED) is 0.847. The number of rotatable bonds is 2. The van der Waals surface area contributed by atoms with E-state index < -0.39 is 0 Å². The summed E-state index contributed by atoms with van der Waals surface area (Å²) >= 11 is 1.75. The van der Waals surface area contributed by atoms with Gasteiger partial charge in [-0.15, -0.1) is 11.8 Å². The van der Waals surface area contributed by atoms with Crippen LogP contribution in [-0.2, 0) is 11.2 Å². The second kappa shape index (κ2) is 6.00. The summed E-state index contributed by atoms with van der Waals surface area (Å²) in [5.41, 5.74) is 2.47. The number of benzene rings is 1. The van der Waals surface area contributed by atoms with E-state index >= 15 is 0 Å². The number of nitrogens with zero attached hydrogens (tertiary/aromatic N) is 3. The number of thioether (sulfide) groups is 1. The summed E-state index contributed by atoms with van der Waals surface area (Å²) < 4.78 is 5.10. The molecule has 1 saturated heterocycles. The van der Waals surface area contributed by atoms with Crippen molar-refractivity contribution >= 4 is 17.7 Å². The lowest BCUT2D eigenvalue weighted by Crippen LogP contribution is -2.35. The molecule has 4 rings (SSSR count). The molecular formula is C17H19N3O2S. The second-order valence-corrected chi connectivity index (χ2v) is 7.27. The molecular weight excluding hydrogens is 310 g/mol. The molecule has 1 fully saturated rings. The van der Waals surface area contributed by atoms with Crippen LogP contribution < -0.4 is 0 Å². The molecule has 23 heavy (non-hydrogen) atoms. The fraction of sp³-hybridized carbons (Fsp3) is 0.471. The lowest BCUT2D eigenvalue weighted by Gasteiger charge is -2.30. The molecule has 1 aromatic carbocycles. The van der Waals surface area contributed by atoms with E-state index in [1.165, 1.54) is 11.1 Å². The van der Waals surface area contributed by atoms with Crippen LogP contribution in [0.2, 0.25) is 0 Å². The fourth-order valence-electron chi connectivity index (χ4n) is 3.50. The van der Waals surface area contributed by atoms with Gasteiger partial charge in [-0.25, -0.2) is 0 Å². The minimum Gasteiger partial charge on any atom is -0.340 e. The smallest absolute Gasteiger partial charge is 0.240 e. The van der Waals surface area contributed by atoms with Crippen molar-refractivity contribution in [2.75, 3.05) is 12.3 Å². The molecule has 120 valence electrons. The molecule has 1 amide bonds. The van der Waals surface area contributed by atoms with Crippen molar-refractivity contribution < 1.29 is 9.32 Å². The maximum absolute atomic E-state index is 13.2. The number of aryl methyl sites for hydroxylation is 2. The molecule has 2 aromatic rings. The Bertz CT molecular complexity index is 730. The first kappa shape index (κ1) is 14.8. The van der Waals surface area contributed by atoms with Gasteiger partial charge in [0.2, 0.25) is 11.8 Å². The zero-order valence-corrected chi connectivity index (χ0v) is 13.9. The molecule has 0 saturated carbocycles. The maximum atomic E-state index is 13.2. The zero-order chi connectivity index (χ0) is 15.8. The Balaban J connectivity index is 1.62. The van der Waals surface area contributed by atoms with Gasteiger partial charge in [-0.3, -0.25) is 4.79 Å². The third-order valence-electron chi connectivity index (χ3n) is 4.59. The average Bonchev–Trinajstić information content (AvgIpc) is 3.22. The molecule has 0 N–H and O–H groups in total. The minimum atomic E-state index is -0.103. The number of likely N-dealkylation sites (tertiary alicyclic amines) is 1. The summed E-state index contributed by atoms with van der Waals surface area (Å²) in [6.07, 6.45) is 2.94. The summed E-state index contributed by atoms with van der Waals surface area (Å²) in [6, 6.07) is 8.26. The van der Waals surface area contributed by atoms with Crippen molar-refractivity contribution in [1.82, 2.24) is 15.0 Å². The van der Waals surface area contributed by atoms with Gasteiger partial charge in [-0.05, 0) is 36.1 Å². The Morgan fingerprint density at radius 2 is 2.26 bits per heavy atom. The first-order valence-corrected chi connectivity index (χ1v) is 9.09. The lowest BCUT2D eigenvalue weighted by molar-refractivity contribution is -0.131. The Morgan fingerprint density at radius 1 is 1.39 bits per heavy atom. The highest BCUT2D eigenvalue weighted by atomic mass is 32.2. The highest BCUT2D eigenvalue weighted by Gasteiger charge is 2.38. The van der Waals surface area contributed by atoms with E-state index in [9.17, 15) is 4.79 Å². The Hall–Kier alpha value is -1.82. The number of carbonyl (C=O) groups is 1. The molecule has 0 aliphatic carbocycles. The van der Waals surface area contributed by atoms with Gasteiger partial charge >= 0.3 is 0 Å². The van der Waals surface area contributed by atoms with Crippen molar-refractivity contribution in [1.29, 1.82) is 0 Å². The molecule has 6 heteroatoms. The molecule has 5 nitrogen and oxygen atoms in total. The zero-order valence-electron chi connectivity index (χ0n) is 13.1. The summed E-state index contributed by atoms with van der Waals surface area (Å²) in [6.45, 7) is 2.56. The van der Waals surface area contributed by atoms with E-state index in [2.05, 4.69) is 28.3 Å². The van der Waals surface area contributed by atoms with E-state index in [1.54, 1.807) is 18.7 Å². The highest BCUT2D eigenvalue weighted by Crippen LogP contribution is 2.41. The SMILES string of the molecule is Cc1nc([C@H]2CCCN2C(=O)[C@@H]2SCCc3ccccc32)no1. The predicted octanol–water partition coefficient (Wildman–Crippen LogP) is 3.07. The van der Waals surface area contributed by atoms with Gasteiger partial charge in [0.15, 0.2) is 5.82 Å². The van der Waals surface area contributed by atoms with Crippen LogP contribution in [0, 0.1) is 6.92 Å². The van der Waals surface area contributed by atoms with Gasteiger partial charge in [0.25, 0.3) is 0 Å². The van der Waals surface area contributed by atoms with Crippen molar-refractivity contribution in [3.8, 4) is 0 Å². The second-order valence-electron chi connectivity index (χ2n) is 6.06. The summed E-state index contributed by atoms with van der Waals surface area (Å²) in [4.78, 5) is 19.5. The van der Waals surface area contributed by atoms with Gasteiger partial charge in [-0.2, -0.15) is 4.98 Å². The number of hydrogen-bond donors (Lipinski definition) is 0. The van der Waals surface area contributed by atoms with Crippen LogP contribution >= 0.6 is 11.8 Å². The number of amides is 1. The summed E-state index contributed by atoms with van der Waals surface area (Å²) in [5.74, 6) is 2.37. The highest BCUT2D eigenvalue weighted by molar-refractivity contribution is 8.00. The van der Waals surface area contributed by atoms with Gasteiger partial charge in [0, 0.05) is 13.5 Å². The third-order valence-corrected chi connectivity index (χ3v) is 5.82. The normalized spacial score (nSPS) is 23.8. The number of aromatic nitrogens is 2. The molecule has 1 aromatic heterocycles. The van der Waals surface area contributed by atoms with Gasteiger partial charge in [0.05, 0.1) is 6.04 Å². The summed E-state index contributed by atoms with van der Waals surface area (Å²) in [5, 5.41) is 3.93. The standard InChI is InChI=1S/C17H19N3O2S/c1-11-18-16(19-22-11)14-7-4-9-20(14)17(21)15-13-6-3-2-5-12(13)8-10-23-15/h2-3,5-6,14-15H,4,7-10H2,1H3/t14-,15-/m1/s1. The van der Waals surface area contributed by atoms with Crippen molar-refractivity contribution in [3.05, 3.63) is 47.1 Å². The topological polar surface area (TPSA) is 59.2 Å². The summed E-state index contributed by atoms with van der Waals surface area (Å²) in [7, 11) is 0. The number of hydrogen-bond acceptors (Lipinski definition) is 5. The van der Waals surface area contributed by atoms with Crippen LogP contribution in [0.5, 0.6) is 0 Å². The molecule has 3 heterocycles. The molecule has 2 atom stereocenters. The molecule has 0 bridgehead atoms. The largest absolute Gasteiger partial charge is 0.340 e. The van der Waals surface area contributed by atoms with E-state index in [0.29, 0.717) is 11.7 Å². The average molecular weight is 329 g/mol.